The fourth-order valence-electron chi connectivity index (χ4n) is 1.25. The van der Waals surface area contributed by atoms with Gasteiger partial charge in [-0.25, -0.2) is 0 Å². The minimum atomic E-state index is -2.86. The smallest absolute Gasteiger partial charge is 0.387 e. The van der Waals surface area contributed by atoms with Crippen molar-refractivity contribution in [3.8, 4) is 5.75 Å². The van der Waals surface area contributed by atoms with Crippen LogP contribution in [0.25, 0.3) is 0 Å². The van der Waals surface area contributed by atoms with Crippen molar-refractivity contribution < 1.29 is 18.3 Å². The molecule has 0 aliphatic carbocycles. The van der Waals surface area contributed by atoms with Crippen molar-refractivity contribution >= 4 is 5.91 Å². The summed E-state index contributed by atoms with van der Waals surface area (Å²) in [6.07, 6.45) is 0. The molecule has 0 saturated heterocycles. The van der Waals surface area contributed by atoms with Crippen LogP contribution in [-0.2, 0) is 11.3 Å². The monoisotopic (exact) mass is 243 g/mol. The van der Waals surface area contributed by atoms with Gasteiger partial charge < -0.3 is 10.1 Å². The lowest BCUT2D eigenvalue weighted by Gasteiger charge is -2.12. The Morgan fingerprint density at radius 3 is 2.59 bits per heavy atom. The van der Waals surface area contributed by atoms with Gasteiger partial charge in [0.05, 0.1) is 0 Å². The van der Waals surface area contributed by atoms with E-state index in [-0.39, 0.29) is 24.1 Å². The molecule has 94 valence electrons. The van der Waals surface area contributed by atoms with Gasteiger partial charge in [-0.15, -0.1) is 0 Å². The molecule has 3 nitrogen and oxygen atoms in total. The maximum absolute atomic E-state index is 12.1. The highest BCUT2D eigenvalue weighted by Crippen LogP contribution is 2.19. The largest absolute Gasteiger partial charge is 0.434 e. The number of carbonyl (C=O) groups excluding carboxylic acids is 1. The van der Waals surface area contributed by atoms with E-state index in [1.165, 1.54) is 6.07 Å². The van der Waals surface area contributed by atoms with Crippen LogP contribution in [0.4, 0.5) is 8.78 Å². The number of benzene rings is 1. The van der Waals surface area contributed by atoms with Crippen molar-refractivity contribution in [1.29, 1.82) is 0 Å². The average Bonchev–Trinajstić information content (AvgIpc) is 2.26. The quantitative estimate of drug-likeness (QED) is 0.863. The topological polar surface area (TPSA) is 38.3 Å². The highest BCUT2D eigenvalue weighted by Gasteiger charge is 2.11. The van der Waals surface area contributed by atoms with Crippen LogP contribution < -0.4 is 10.1 Å². The summed E-state index contributed by atoms with van der Waals surface area (Å²) in [5, 5.41) is 2.65. The zero-order valence-electron chi connectivity index (χ0n) is 9.74. The number of alkyl halides is 2. The lowest BCUT2D eigenvalue weighted by atomic mass is 10.1. The number of ether oxygens (including phenoxy) is 1. The molecule has 0 unspecified atom stereocenters. The molecule has 0 aliphatic rings. The third-order valence-electron chi connectivity index (χ3n) is 2.17. The molecular weight excluding hydrogens is 228 g/mol. The van der Waals surface area contributed by atoms with Crippen LogP contribution in [0.1, 0.15) is 19.4 Å². The number of para-hydroxylation sites is 1. The van der Waals surface area contributed by atoms with Crippen LogP contribution >= 0.6 is 0 Å². The first-order valence-corrected chi connectivity index (χ1v) is 5.31. The number of carbonyl (C=O) groups is 1. The van der Waals surface area contributed by atoms with Gasteiger partial charge in [-0.1, -0.05) is 32.0 Å². The van der Waals surface area contributed by atoms with E-state index in [9.17, 15) is 13.6 Å². The molecule has 1 amide bonds. The Morgan fingerprint density at radius 1 is 1.35 bits per heavy atom. The number of nitrogens with one attached hydrogen (secondary N) is 1. The van der Waals surface area contributed by atoms with Gasteiger partial charge in [0.2, 0.25) is 5.91 Å². The summed E-state index contributed by atoms with van der Waals surface area (Å²) in [6, 6.07) is 6.39. The maximum atomic E-state index is 12.1. The van der Waals surface area contributed by atoms with E-state index in [1.54, 1.807) is 32.0 Å². The first-order chi connectivity index (χ1) is 8.00. The number of halogens is 2. The first kappa shape index (κ1) is 13.4. The van der Waals surface area contributed by atoms with E-state index >= 15 is 0 Å². The number of hydrogen-bond donors (Lipinski definition) is 1. The summed E-state index contributed by atoms with van der Waals surface area (Å²) in [7, 11) is 0. The van der Waals surface area contributed by atoms with Crippen molar-refractivity contribution in [1.82, 2.24) is 5.32 Å². The second kappa shape index (κ2) is 6.18. The van der Waals surface area contributed by atoms with Crippen molar-refractivity contribution in [3.63, 3.8) is 0 Å². The maximum Gasteiger partial charge on any atom is 0.387 e. The first-order valence-electron chi connectivity index (χ1n) is 5.31. The minimum absolute atomic E-state index is 0.0894. The molecule has 17 heavy (non-hydrogen) atoms. The standard InChI is InChI=1S/C12H15F2NO2/c1-8(2)11(16)15-7-9-5-3-4-6-10(9)17-12(13)14/h3-6,8,12H,7H2,1-2H3,(H,15,16). The molecule has 1 N–H and O–H groups in total. The molecule has 0 saturated carbocycles. The molecular formula is C12H15F2NO2. The van der Waals surface area contributed by atoms with Crippen LogP contribution in [-0.4, -0.2) is 12.5 Å². The Balaban J connectivity index is 2.67. The second-order valence-electron chi connectivity index (χ2n) is 3.86. The van der Waals surface area contributed by atoms with Crippen molar-refractivity contribution in [2.24, 2.45) is 5.92 Å². The van der Waals surface area contributed by atoms with Gasteiger partial charge in [-0.05, 0) is 6.07 Å². The highest BCUT2D eigenvalue weighted by atomic mass is 19.3. The molecule has 0 atom stereocenters. The Bertz CT molecular complexity index is 381. The lowest BCUT2D eigenvalue weighted by Crippen LogP contribution is -2.27. The molecule has 0 bridgehead atoms. The third-order valence-corrected chi connectivity index (χ3v) is 2.17. The van der Waals surface area contributed by atoms with Gasteiger partial charge in [-0.3, -0.25) is 4.79 Å². The predicted molar refractivity (Wildman–Crippen MR) is 59.8 cm³/mol. The van der Waals surface area contributed by atoms with Crippen molar-refractivity contribution in [3.05, 3.63) is 29.8 Å². The minimum Gasteiger partial charge on any atom is -0.434 e. The summed E-state index contributed by atoms with van der Waals surface area (Å²) in [6.45, 7) is 0.838. The van der Waals surface area contributed by atoms with Gasteiger partial charge in [0.1, 0.15) is 5.75 Å². The molecule has 1 rings (SSSR count). The van der Waals surface area contributed by atoms with Crippen LogP contribution in [0.5, 0.6) is 5.75 Å². The van der Waals surface area contributed by atoms with E-state index < -0.39 is 6.61 Å². The molecule has 0 heterocycles. The average molecular weight is 243 g/mol. The van der Waals surface area contributed by atoms with E-state index in [0.29, 0.717) is 5.56 Å². The Hall–Kier alpha value is -1.65. The zero-order valence-corrected chi connectivity index (χ0v) is 9.74. The lowest BCUT2D eigenvalue weighted by molar-refractivity contribution is -0.124. The van der Waals surface area contributed by atoms with Gasteiger partial charge in [0.25, 0.3) is 0 Å². The van der Waals surface area contributed by atoms with Crippen molar-refractivity contribution in [2.75, 3.05) is 0 Å². The van der Waals surface area contributed by atoms with E-state index in [2.05, 4.69) is 10.1 Å². The molecule has 0 spiro atoms. The summed E-state index contributed by atoms with van der Waals surface area (Å²) >= 11 is 0. The van der Waals surface area contributed by atoms with Crippen LogP contribution in [0.15, 0.2) is 24.3 Å². The second-order valence-corrected chi connectivity index (χ2v) is 3.86. The van der Waals surface area contributed by atoms with E-state index in [1.807, 2.05) is 0 Å². The molecule has 0 aliphatic heterocycles. The Labute approximate surface area is 98.8 Å². The fourth-order valence-corrected chi connectivity index (χ4v) is 1.25. The Morgan fingerprint density at radius 2 is 2.00 bits per heavy atom. The number of rotatable bonds is 5. The molecule has 5 heteroatoms. The molecule has 0 aromatic heterocycles. The third kappa shape index (κ3) is 4.38. The van der Waals surface area contributed by atoms with Crippen molar-refractivity contribution in [2.45, 2.75) is 27.0 Å². The number of hydrogen-bond acceptors (Lipinski definition) is 2. The van der Waals surface area contributed by atoms with Crippen LogP contribution in [0, 0.1) is 5.92 Å². The summed E-state index contributed by atoms with van der Waals surface area (Å²) < 4.78 is 28.6. The molecule has 0 fully saturated rings. The molecule has 1 aromatic carbocycles. The van der Waals surface area contributed by atoms with Crippen LogP contribution in [0.3, 0.4) is 0 Å². The van der Waals surface area contributed by atoms with Gasteiger partial charge in [0, 0.05) is 18.0 Å². The number of amides is 1. The summed E-state index contributed by atoms with van der Waals surface area (Å²) in [4.78, 5) is 11.3. The summed E-state index contributed by atoms with van der Waals surface area (Å²) in [5.74, 6) is -0.179. The highest BCUT2D eigenvalue weighted by molar-refractivity contribution is 5.77. The molecule has 1 aromatic rings. The van der Waals surface area contributed by atoms with Crippen LogP contribution in [0.2, 0.25) is 0 Å². The van der Waals surface area contributed by atoms with Gasteiger partial charge >= 0.3 is 6.61 Å². The van der Waals surface area contributed by atoms with Gasteiger partial charge in [0.15, 0.2) is 0 Å². The normalized spacial score (nSPS) is 10.7. The van der Waals surface area contributed by atoms with E-state index in [4.69, 9.17) is 0 Å². The molecule has 0 radical (unpaired) electrons. The Kier molecular flexibility index (Phi) is 4.87. The summed E-state index contributed by atoms with van der Waals surface area (Å²) in [5.41, 5.74) is 0.529. The van der Waals surface area contributed by atoms with Gasteiger partial charge in [-0.2, -0.15) is 8.78 Å². The van der Waals surface area contributed by atoms with E-state index in [0.717, 1.165) is 0 Å². The fraction of sp³-hybridized carbons (Fsp3) is 0.417. The predicted octanol–water partition coefficient (Wildman–Crippen LogP) is 2.56. The SMILES string of the molecule is CC(C)C(=O)NCc1ccccc1OC(F)F. The zero-order chi connectivity index (χ0) is 12.8.